The molecule has 0 aliphatic carbocycles. The van der Waals surface area contributed by atoms with Crippen LogP contribution < -0.4 is 15.4 Å². The maximum absolute atomic E-state index is 13.3. The second-order valence-corrected chi connectivity index (χ2v) is 6.68. The maximum atomic E-state index is 13.3. The lowest BCUT2D eigenvalue weighted by Crippen LogP contribution is -2.39. The van der Waals surface area contributed by atoms with Gasteiger partial charge in [0.15, 0.2) is 5.75 Å². The molecule has 1 fully saturated rings. The van der Waals surface area contributed by atoms with Gasteiger partial charge in [0.05, 0.1) is 5.69 Å². The number of para-hydroxylation sites is 2. The van der Waals surface area contributed by atoms with Crippen LogP contribution in [0.2, 0.25) is 0 Å². The van der Waals surface area contributed by atoms with Crippen LogP contribution in [-0.2, 0) is 4.79 Å². The van der Waals surface area contributed by atoms with Crippen LogP contribution in [0.3, 0.4) is 0 Å². The van der Waals surface area contributed by atoms with Gasteiger partial charge < -0.3 is 15.4 Å². The number of thioether (sulfide) groups is 1. The first-order chi connectivity index (χ1) is 11.7. The molecule has 24 heavy (non-hydrogen) atoms. The fraction of sp³-hybridized carbons (Fsp3) is 0.278. The monoisotopic (exact) mass is 346 g/mol. The molecular formula is C18H19FN2O2S. The van der Waals surface area contributed by atoms with Gasteiger partial charge in [-0.2, -0.15) is 11.8 Å². The number of benzene rings is 2. The first kappa shape index (κ1) is 16.8. The number of hydrogen-bond acceptors (Lipinski definition) is 4. The first-order valence-electron chi connectivity index (χ1n) is 7.84. The summed E-state index contributed by atoms with van der Waals surface area (Å²) in [6.45, 7) is 0.932. The van der Waals surface area contributed by atoms with E-state index in [1.54, 1.807) is 24.3 Å². The molecule has 2 aromatic rings. The predicted octanol–water partition coefficient (Wildman–Crippen LogP) is 3.65. The van der Waals surface area contributed by atoms with Gasteiger partial charge in [-0.25, -0.2) is 4.39 Å². The molecule has 0 spiro atoms. The van der Waals surface area contributed by atoms with Gasteiger partial charge in [-0.1, -0.05) is 18.2 Å². The van der Waals surface area contributed by atoms with E-state index >= 15 is 0 Å². The number of rotatable bonds is 5. The largest absolute Gasteiger partial charge is 0.455 e. The van der Waals surface area contributed by atoms with Crippen molar-refractivity contribution >= 4 is 23.4 Å². The third-order valence-corrected chi connectivity index (χ3v) is 4.75. The lowest BCUT2D eigenvalue weighted by Gasteiger charge is -2.22. The number of nitrogens with one attached hydrogen (secondary N) is 2. The number of amides is 1. The van der Waals surface area contributed by atoms with Crippen LogP contribution in [0.4, 0.5) is 10.1 Å². The number of carbonyl (C=O) groups excluding carboxylic acids is 1. The van der Waals surface area contributed by atoms with Crippen LogP contribution in [-0.4, -0.2) is 30.0 Å². The van der Waals surface area contributed by atoms with Crippen molar-refractivity contribution in [1.82, 2.24) is 5.32 Å². The minimum absolute atomic E-state index is 0.0645. The molecule has 1 unspecified atom stereocenters. The number of halogens is 1. The molecule has 0 saturated carbocycles. The van der Waals surface area contributed by atoms with E-state index in [2.05, 4.69) is 10.6 Å². The minimum atomic E-state index is -0.366. The molecule has 2 aromatic carbocycles. The van der Waals surface area contributed by atoms with Gasteiger partial charge >= 0.3 is 0 Å². The molecule has 4 nitrogen and oxygen atoms in total. The molecule has 1 atom stereocenters. The molecule has 6 heteroatoms. The molecule has 1 aliphatic heterocycles. The highest BCUT2D eigenvalue weighted by molar-refractivity contribution is 7.99. The summed E-state index contributed by atoms with van der Waals surface area (Å²) in [7, 11) is 0. The SMILES string of the molecule is O=C(CC1CSCCN1)Nc1ccccc1Oc1cccc(F)c1. The van der Waals surface area contributed by atoms with Gasteiger partial charge in [0.1, 0.15) is 11.6 Å². The van der Waals surface area contributed by atoms with Gasteiger partial charge in [-0.3, -0.25) is 4.79 Å². The second kappa shape index (κ2) is 8.17. The number of hydrogen-bond donors (Lipinski definition) is 2. The Morgan fingerprint density at radius 1 is 1.29 bits per heavy atom. The Bertz CT molecular complexity index is 705. The van der Waals surface area contributed by atoms with Gasteiger partial charge in [-0.05, 0) is 24.3 Å². The fourth-order valence-corrected chi connectivity index (χ4v) is 3.44. The van der Waals surface area contributed by atoms with Crippen molar-refractivity contribution in [3.63, 3.8) is 0 Å². The summed E-state index contributed by atoms with van der Waals surface area (Å²) in [4.78, 5) is 12.3. The summed E-state index contributed by atoms with van der Waals surface area (Å²) in [5, 5.41) is 6.23. The Balaban J connectivity index is 1.66. The van der Waals surface area contributed by atoms with Gasteiger partial charge in [0.25, 0.3) is 0 Å². The lowest BCUT2D eigenvalue weighted by atomic mass is 10.2. The van der Waals surface area contributed by atoms with Crippen LogP contribution in [0, 0.1) is 5.82 Å². The van der Waals surface area contributed by atoms with Crippen molar-refractivity contribution < 1.29 is 13.9 Å². The molecule has 3 rings (SSSR count). The molecule has 1 saturated heterocycles. The van der Waals surface area contributed by atoms with Crippen molar-refractivity contribution in [1.29, 1.82) is 0 Å². The topological polar surface area (TPSA) is 50.4 Å². The Hall–Kier alpha value is -2.05. The zero-order valence-electron chi connectivity index (χ0n) is 13.1. The molecule has 1 heterocycles. The minimum Gasteiger partial charge on any atom is -0.455 e. The zero-order valence-corrected chi connectivity index (χ0v) is 13.9. The molecule has 0 aromatic heterocycles. The molecule has 0 bridgehead atoms. The molecule has 1 aliphatic rings. The number of ether oxygens (including phenoxy) is 1. The second-order valence-electron chi connectivity index (χ2n) is 5.53. The molecule has 0 radical (unpaired) electrons. The van der Waals surface area contributed by atoms with Crippen molar-refractivity contribution in [2.45, 2.75) is 12.5 Å². The maximum Gasteiger partial charge on any atom is 0.226 e. The molecule has 2 N–H and O–H groups in total. The Kier molecular flexibility index (Phi) is 5.72. The first-order valence-corrected chi connectivity index (χ1v) is 8.99. The summed E-state index contributed by atoms with van der Waals surface area (Å²) < 4.78 is 19.0. The van der Waals surface area contributed by atoms with Crippen LogP contribution in [0.5, 0.6) is 11.5 Å². The zero-order chi connectivity index (χ0) is 16.8. The lowest BCUT2D eigenvalue weighted by molar-refractivity contribution is -0.116. The number of carbonyl (C=O) groups is 1. The van der Waals surface area contributed by atoms with Crippen molar-refractivity contribution in [3.05, 3.63) is 54.3 Å². The van der Waals surface area contributed by atoms with E-state index in [4.69, 9.17) is 4.74 Å². The molecule has 126 valence electrons. The van der Waals surface area contributed by atoms with E-state index in [-0.39, 0.29) is 17.8 Å². The van der Waals surface area contributed by atoms with E-state index < -0.39 is 0 Å². The summed E-state index contributed by atoms with van der Waals surface area (Å²) >= 11 is 1.85. The normalized spacial score (nSPS) is 17.3. The average molecular weight is 346 g/mol. The van der Waals surface area contributed by atoms with Crippen molar-refractivity contribution in [2.24, 2.45) is 0 Å². The van der Waals surface area contributed by atoms with Crippen molar-refractivity contribution in [3.8, 4) is 11.5 Å². The summed E-state index contributed by atoms with van der Waals surface area (Å²) in [6, 6.07) is 13.3. The molecular weight excluding hydrogens is 327 g/mol. The van der Waals surface area contributed by atoms with Crippen LogP contribution in [0.25, 0.3) is 0 Å². The van der Waals surface area contributed by atoms with Gasteiger partial charge in [-0.15, -0.1) is 0 Å². The average Bonchev–Trinajstić information content (AvgIpc) is 2.57. The molecule has 1 amide bonds. The third-order valence-electron chi connectivity index (χ3n) is 3.62. The standard InChI is InChI=1S/C18H19FN2O2S/c19-13-4-3-5-15(10-13)23-17-7-2-1-6-16(17)21-18(22)11-14-12-24-9-8-20-14/h1-7,10,14,20H,8-9,11-12H2,(H,21,22). The number of anilines is 1. The highest BCUT2D eigenvalue weighted by atomic mass is 32.2. The Morgan fingerprint density at radius 3 is 2.96 bits per heavy atom. The van der Waals surface area contributed by atoms with Crippen LogP contribution in [0.1, 0.15) is 6.42 Å². The fourth-order valence-electron chi connectivity index (χ4n) is 2.49. The van der Waals surface area contributed by atoms with Gasteiger partial charge in [0, 0.05) is 36.6 Å². The highest BCUT2D eigenvalue weighted by Gasteiger charge is 2.17. The Labute approximate surface area is 144 Å². The van der Waals surface area contributed by atoms with Crippen molar-refractivity contribution in [2.75, 3.05) is 23.4 Å². The third kappa shape index (κ3) is 4.72. The van der Waals surface area contributed by atoms with E-state index in [0.29, 0.717) is 23.6 Å². The Morgan fingerprint density at radius 2 is 2.17 bits per heavy atom. The summed E-state index contributed by atoms with van der Waals surface area (Å²) in [5.74, 6) is 2.47. The van der Waals surface area contributed by atoms with E-state index in [9.17, 15) is 9.18 Å². The predicted molar refractivity (Wildman–Crippen MR) is 95.3 cm³/mol. The highest BCUT2D eigenvalue weighted by Crippen LogP contribution is 2.29. The quantitative estimate of drug-likeness (QED) is 0.868. The van der Waals surface area contributed by atoms with E-state index in [1.165, 1.54) is 12.1 Å². The van der Waals surface area contributed by atoms with E-state index in [0.717, 1.165) is 18.1 Å². The van der Waals surface area contributed by atoms with Crippen LogP contribution >= 0.6 is 11.8 Å². The van der Waals surface area contributed by atoms with E-state index in [1.807, 2.05) is 23.9 Å². The van der Waals surface area contributed by atoms with Gasteiger partial charge in [0.2, 0.25) is 5.91 Å². The summed E-state index contributed by atoms with van der Waals surface area (Å²) in [5.41, 5.74) is 0.579. The summed E-state index contributed by atoms with van der Waals surface area (Å²) in [6.07, 6.45) is 0.418. The van der Waals surface area contributed by atoms with Crippen LogP contribution in [0.15, 0.2) is 48.5 Å². The smallest absolute Gasteiger partial charge is 0.226 e.